The number of nitrogens with zero attached hydrogens (tertiary/aromatic N) is 1. The highest BCUT2D eigenvalue weighted by molar-refractivity contribution is 5.79. The number of carbonyl (C=O) groups is 1. The molecule has 1 amide bonds. The number of rotatable bonds is 5. The number of hydrogen-bond donors (Lipinski definition) is 2. The second kappa shape index (κ2) is 6.97. The molecule has 17 heavy (non-hydrogen) atoms. The van der Waals surface area contributed by atoms with Crippen LogP contribution in [-0.2, 0) is 4.79 Å². The van der Waals surface area contributed by atoms with Crippen LogP contribution in [0.2, 0.25) is 0 Å². The van der Waals surface area contributed by atoms with Crippen LogP contribution >= 0.6 is 0 Å². The maximum absolute atomic E-state index is 11.5. The molecule has 1 aliphatic rings. The van der Waals surface area contributed by atoms with Gasteiger partial charge >= 0.3 is 0 Å². The molecule has 0 bridgehead atoms. The zero-order valence-electron chi connectivity index (χ0n) is 11.1. The first-order chi connectivity index (χ1) is 8.06. The molecule has 0 aliphatic carbocycles. The molecule has 1 aliphatic heterocycles. The monoisotopic (exact) mass is 242 g/mol. The third-order valence-corrected chi connectivity index (χ3v) is 3.65. The van der Waals surface area contributed by atoms with Gasteiger partial charge in [0.15, 0.2) is 0 Å². The number of carbonyl (C=O) groups excluding carboxylic acids is 1. The minimum atomic E-state index is -0.314. The first-order valence-corrected chi connectivity index (χ1v) is 6.79. The van der Waals surface area contributed by atoms with Gasteiger partial charge in [0, 0.05) is 6.04 Å². The molecule has 1 saturated heterocycles. The van der Waals surface area contributed by atoms with Gasteiger partial charge in [-0.1, -0.05) is 19.8 Å². The van der Waals surface area contributed by atoms with Gasteiger partial charge in [-0.05, 0) is 39.2 Å². The number of amides is 1. The summed E-state index contributed by atoms with van der Waals surface area (Å²) in [5.41, 5.74) is 5.48. The number of primary amides is 1. The summed E-state index contributed by atoms with van der Waals surface area (Å²) in [5, 5.41) is 9.56. The molecule has 1 rings (SSSR count). The zero-order valence-corrected chi connectivity index (χ0v) is 11.1. The van der Waals surface area contributed by atoms with E-state index in [1.165, 1.54) is 12.8 Å². The normalized spacial score (nSPS) is 26.2. The van der Waals surface area contributed by atoms with Gasteiger partial charge in [0.05, 0.1) is 12.1 Å². The van der Waals surface area contributed by atoms with Crippen molar-refractivity contribution >= 4 is 5.91 Å². The predicted octanol–water partition coefficient (Wildman–Crippen LogP) is 1.27. The summed E-state index contributed by atoms with van der Waals surface area (Å²) in [6.07, 6.45) is 5.76. The Morgan fingerprint density at radius 2 is 2.18 bits per heavy atom. The minimum absolute atomic E-state index is 0.170. The molecule has 0 radical (unpaired) electrons. The van der Waals surface area contributed by atoms with E-state index in [2.05, 4.69) is 4.90 Å². The lowest BCUT2D eigenvalue weighted by atomic mass is 10.0. The Hall–Kier alpha value is -0.610. The summed E-state index contributed by atoms with van der Waals surface area (Å²) in [4.78, 5) is 13.7. The lowest BCUT2D eigenvalue weighted by Crippen LogP contribution is -2.50. The summed E-state index contributed by atoms with van der Waals surface area (Å²) in [5.74, 6) is -0.231. The Morgan fingerprint density at radius 3 is 2.71 bits per heavy atom. The molecular formula is C13H26N2O2. The van der Waals surface area contributed by atoms with Crippen molar-refractivity contribution in [3.05, 3.63) is 0 Å². The second-order valence-corrected chi connectivity index (χ2v) is 5.15. The lowest BCUT2D eigenvalue weighted by molar-refractivity contribution is -0.124. The van der Waals surface area contributed by atoms with Crippen molar-refractivity contribution in [2.45, 2.75) is 70.6 Å². The second-order valence-electron chi connectivity index (χ2n) is 5.15. The van der Waals surface area contributed by atoms with Crippen molar-refractivity contribution in [2.24, 2.45) is 5.73 Å². The van der Waals surface area contributed by atoms with E-state index < -0.39 is 0 Å². The van der Waals surface area contributed by atoms with Crippen molar-refractivity contribution in [1.82, 2.24) is 4.90 Å². The van der Waals surface area contributed by atoms with Gasteiger partial charge < -0.3 is 10.8 Å². The van der Waals surface area contributed by atoms with Crippen LogP contribution in [0.1, 0.15) is 52.4 Å². The summed E-state index contributed by atoms with van der Waals surface area (Å²) >= 11 is 0. The highest BCUT2D eigenvalue weighted by Gasteiger charge is 2.30. The van der Waals surface area contributed by atoms with Crippen molar-refractivity contribution in [3.8, 4) is 0 Å². The number of nitrogens with two attached hydrogens (primary N) is 1. The van der Waals surface area contributed by atoms with Crippen LogP contribution in [0.3, 0.4) is 0 Å². The molecule has 0 aromatic rings. The number of aliphatic hydroxyl groups excluding tert-OH is 1. The van der Waals surface area contributed by atoms with Gasteiger partial charge in [0.2, 0.25) is 5.91 Å². The van der Waals surface area contributed by atoms with Gasteiger partial charge in [-0.3, -0.25) is 9.69 Å². The Labute approximate surface area is 104 Å². The van der Waals surface area contributed by atoms with Gasteiger partial charge in [-0.15, -0.1) is 0 Å². The molecule has 1 heterocycles. The molecule has 3 unspecified atom stereocenters. The zero-order chi connectivity index (χ0) is 12.8. The van der Waals surface area contributed by atoms with Gasteiger partial charge in [0.25, 0.3) is 0 Å². The molecule has 3 atom stereocenters. The molecule has 4 nitrogen and oxygen atoms in total. The van der Waals surface area contributed by atoms with E-state index in [9.17, 15) is 9.90 Å². The molecule has 100 valence electrons. The van der Waals surface area contributed by atoms with E-state index >= 15 is 0 Å². The Bertz CT molecular complexity index is 244. The topological polar surface area (TPSA) is 66.6 Å². The summed E-state index contributed by atoms with van der Waals surface area (Å²) in [7, 11) is 0. The Kier molecular flexibility index (Phi) is 5.92. The van der Waals surface area contributed by atoms with E-state index in [4.69, 9.17) is 5.73 Å². The van der Waals surface area contributed by atoms with E-state index in [-0.39, 0.29) is 18.1 Å². The SMILES string of the molecule is CCC(C(N)=O)N1CCCCCC1CC(C)O. The fourth-order valence-electron chi connectivity index (χ4n) is 2.86. The Morgan fingerprint density at radius 1 is 1.47 bits per heavy atom. The van der Waals surface area contributed by atoms with Crippen molar-refractivity contribution in [3.63, 3.8) is 0 Å². The number of aliphatic hydroxyl groups is 1. The quantitative estimate of drug-likeness (QED) is 0.763. The average molecular weight is 242 g/mol. The largest absolute Gasteiger partial charge is 0.393 e. The third kappa shape index (κ3) is 4.28. The number of hydrogen-bond acceptors (Lipinski definition) is 3. The first kappa shape index (κ1) is 14.5. The van der Waals surface area contributed by atoms with Gasteiger partial charge in [0.1, 0.15) is 0 Å². The molecule has 0 saturated carbocycles. The van der Waals surface area contributed by atoms with Crippen LogP contribution < -0.4 is 5.73 Å². The fraction of sp³-hybridized carbons (Fsp3) is 0.923. The molecule has 1 fully saturated rings. The van der Waals surface area contributed by atoms with Crippen LogP contribution in [-0.4, -0.2) is 40.6 Å². The maximum atomic E-state index is 11.5. The molecule has 0 spiro atoms. The van der Waals surface area contributed by atoms with Crippen LogP contribution in [0, 0.1) is 0 Å². The smallest absolute Gasteiger partial charge is 0.234 e. The standard InChI is InChI=1S/C13H26N2O2/c1-3-12(13(14)17)15-8-6-4-5-7-11(15)9-10(2)16/h10-12,16H,3-9H2,1-2H3,(H2,14,17). The van der Waals surface area contributed by atoms with Crippen LogP contribution in [0.25, 0.3) is 0 Å². The first-order valence-electron chi connectivity index (χ1n) is 6.79. The van der Waals surface area contributed by atoms with Crippen molar-refractivity contribution in [1.29, 1.82) is 0 Å². The molecule has 3 N–H and O–H groups in total. The molecule has 0 aromatic heterocycles. The molecular weight excluding hydrogens is 216 g/mol. The fourth-order valence-corrected chi connectivity index (χ4v) is 2.86. The van der Waals surface area contributed by atoms with Crippen molar-refractivity contribution < 1.29 is 9.90 Å². The average Bonchev–Trinajstić information content (AvgIpc) is 2.44. The third-order valence-electron chi connectivity index (χ3n) is 3.65. The van der Waals surface area contributed by atoms with E-state index in [0.717, 1.165) is 32.2 Å². The van der Waals surface area contributed by atoms with Crippen LogP contribution in [0.4, 0.5) is 0 Å². The van der Waals surface area contributed by atoms with E-state index in [0.29, 0.717) is 6.04 Å². The summed E-state index contributed by atoms with van der Waals surface area (Å²) in [6.45, 7) is 4.74. The van der Waals surface area contributed by atoms with Crippen LogP contribution in [0.15, 0.2) is 0 Å². The summed E-state index contributed by atoms with van der Waals surface area (Å²) in [6, 6.07) is 0.131. The minimum Gasteiger partial charge on any atom is -0.393 e. The van der Waals surface area contributed by atoms with E-state index in [1.807, 2.05) is 13.8 Å². The predicted molar refractivity (Wildman–Crippen MR) is 68.5 cm³/mol. The van der Waals surface area contributed by atoms with Gasteiger partial charge in [-0.2, -0.15) is 0 Å². The summed E-state index contributed by atoms with van der Waals surface area (Å²) < 4.78 is 0. The maximum Gasteiger partial charge on any atom is 0.234 e. The molecule has 4 heteroatoms. The Balaban J connectivity index is 2.76. The number of likely N-dealkylation sites (tertiary alicyclic amines) is 1. The van der Waals surface area contributed by atoms with Gasteiger partial charge in [-0.25, -0.2) is 0 Å². The van der Waals surface area contributed by atoms with Crippen LogP contribution in [0.5, 0.6) is 0 Å². The highest BCUT2D eigenvalue weighted by atomic mass is 16.3. The molecule has 0 aromatic carbocycles. The van der Waals surface area contributed by atoms with E-state index in [1.54, 1.807) is 0 Å². The highest BCUT2D eigenvalue weighted by Crippen LogP contribution is 2.23. The lowest BCUT2D eigenvalue weighted by Gasteiger charge is -2.35. The van der Waals surface area contributed by atoms with Crippen molar-refractivity contribution in [2.75, 3.05) is 6.54 Å².